The van der Waals surface area contributed by atoms with Gasteiger partial charge in [-0.2, -0.15) is 0 Å². The van der Waals surface area contributed by atoms with Gasteiger partial charge in [-0.15, -0.1) is 0 Å². The zero-order chi connectivity index (χ0) is 18.8. The van der Waals surface area contributed by atoms with Crippen molar-refractivity contribution >= 4 is 39.4 Å². The number of aromatic nitrogens is 1. The van der Waals surface area contributed by atoms with Crippen molar-refractivity contribution in [2.75, 3.05) is 5.32 Å². The van der Waals surface area contributed by atoms with Gasteiger partial charge in [0.25, 0.3) is 5.69 Å². The highest BCUT2D eigenvalue weighted by molar-refractivity contribution is 6.02. The van der Waals surface area contributed by atoms with E-state index in [1.807, 2.05) is 0 Å². The lowest BCUT2D eigenvalue weighted by Gasteiger charge is -2.10. The fourth-order valence-electron chi connectivity index (χ4n) is 2.56. The quantitative estimate of drug-likeness (QED) is 0.417. The average molecular weight is 352 g/mol. The van der Waals surface area contributed by atoms with Crippen LogP contribution in [0.5, 0.6) is 0 Å². The number of benzene rings is 2. The van der Waals surface area contributed by atoms with E-state index in [0.29, 0.717) is 11.3 Å². The number of nitrogens with one attached hydrogen (secondary N) is 1. The molecule has 9 heteroatoms. The minimum Gasteiger partial charge on any atom is -0.348 e. The van der Waals surface area contributed by atoms with Gasteiger partial charge in [0.2, 0.25) is 0 Å². The SMILES string of the molecule is CC(=O)c1ccc(Nc2c([N+](=O)[O-])cc([N+](=O)[O-])c3cccnc23)cc1. The van der Waals surface area contributed by atoms with Gasteiger partial charge in [-0.3, -0.25) is 30.0 Å². The van der Waals surface area contributed by atoms with Crippen molar-refractivity contribution in [3.63, 3.8) is 0 Å². The number of rotatable bonds is 5. The van der Waals surface area contributed by atoms with Gasteiger partial charge in [-0.1, -0.05) is 0 Å². The summed E-state index contributed by atoms with van der Waals surface area (Å²) < 4.78 is 0. The molecule has 3 aromatic rings. The van der Waals surface area contributed by atoms with Crippen molar-refractivity contribution in [3.05, 3.63) is 74.5 Å². The summed E-state index contributed by atoms with van der Waals surface area (Å²) in [6.07, 6.45) is 1.40. The molecule has 0 fully saturated rings. The molecule has 0 amide bonds. The molecule has 0 aliphatic heterocycles. The normalized spacial score (nSPS) is 10.5. The molecule has 1 heterocycles. The predicted molar refractivity (Wildman–Crippen MR) is 94.8 cm³/mol. The molecule has 0 radical (unpaired) electrons. The van der Waals surface area contributed by atoms with Crippen molar-refractivity contribution in [1.29, 1.82) is 0 Å². The molecule has 3 rings (SSSR count). The topological polar surface area (TPSA) is 128 Å². The number of Topliss-reactive ketones (excluding diaryl/α,β-unsaturated/α-hetero) is 1. The van der Waals surface area contributed by atoms with Gasteiger partial charge in [0.1, 0.15) is 11.2 Å². The maximum atomic E-state index is 11.4. The number of carbonyl (C=O) groups excluding carboxylic acids is 1. The van der Waals surface area contributed by atoms with E-state index in [2.05, 4.69) is 10.3 Å². The summed E-state index contributed by atoms with van der Waals surface area (Å²) in [4.78, 5) is 36.8. The third-order valence-corrected chi connectivity index (χ3v) is 3.80. The van der Waals surface area contributed by atoms with Crippen LogP contribution in [-0.2, 0) is 0 Å². The van der Waals surface area contributed by atoms with E-state index in [1.165, 1.54) is 25.3 Å². The van der Waals surface area contributed by atoms with Gasteiger partial charge in [0.05, 0.1) is 21.3 Å². The molecular weight excluding hydrogens is 340 g/mol. The second-order valence-electron chi connectivity index (χ2n) is 5.46. The fourth-order valence-corrected chi connectivity index (χ4v) is 2.56. The molecule has 0 aliphatic carbocycles. The monoisotopic (exact) mass is 352 g/mol. The molecular formula is C17H12N4O5. The van der Waals surface area contributed by atoms with Crippen LogP contribution in [0.1, 0.15) is 17.3 Å². The van der Waals surface area contributed by atoms with Crippen molar-refractivity contribution in [3.8, 4) is 0 Å². The van der Waals surface area contributed by atoms with E-state index in [9.17, 15) is 25.0 Å². The Balaban J connectivity index is 2.19. The van der Waals surface area contributed by atoms with Crippen LogP contribution in [0.15, 0.2) is 48.7 Å². The second-order valence-corrected chi connectivity index (χ2v) is 5.46. The molecule has 0 aliphatic rings. The Kier molecular flexibility index (Phi) is 4.27. The largest absolute Gasteiger partial charge is 0.348 e. The van der Waals surface area contributed by atoms with Gasteiger partial charge in [0, 0.05) is 17.4 Å². The number of anilines is 2. The lowest BCUT2D eigenvalue weighted by atomic mass is 10.1. The van der Waals surface area contributed by atoms with Crippen LogP contribution in [0.3, 0.4) is 0 Å². The summed E-state index contributed by atoms with van der Waals surface area (Å²) in [5, 5.41) is 25.8. The molecule has 0 saturated heterocycles. The third-order valence-electron chi connectivity index (χ3n) is 3.80. The summed E-state index contributed by atoms with van der Waals surface area (Å²) >= 11 is 0. The molecule has 2 aromatic carbocycles. The van der Waals surface area contributed by atoms with Crippen LogP contribution < -0.4 is 5.32 Å². The van der Waals surface area contributed by atoms with Crippen LogP contribution in [0.2, 0.25) is 0 Å². The van der Waals surface area contributed by atoms with Crippen LogP contribution in [0.25, 0.3) is 10.9 Å². The minimum absolute atomic E-state index is 0.0479. The van der Waals surface area contributed by atoms with Crippen LogP contribution in [-0.4, -0.2) is 20.6 Å². The summed E-state index contributed by atoms with van der Waals surface area (Å²) in [7, 11) is 0. The molecule has 0 unspecified atom stereocenters. The van der Waals surface area contributed by atoms with E-state index in [-0.39, 0.29) is 22.4 Å². The van der Waals surface area contributed by atoms with E-state index >= 15 is 0 Å². The highest BCUT2D eigenvalue weighted by Gasteiger charge is 2.26. The number of nitro benzene ring substituents is 2. The molecule has 9 nitrogen and oxygen atoms in total. The Labute approximate surface area is 146 Å². The highest BCUT2D eigenvalue weighted by atomic mass is 16.6. The molecule has 0 atom stereocenters. The standard InChI is InChI=1S/C17H12N4O5/c1-10(22)11-4-6-12(7-5-11)19-17-15(21(25)26)9-14(20(23)24)13-3-2-8-18-16(13)17/h2-9,19H,1H3. The van der Waals surface area contributed by atoms with Gasteiger partial charge in [-0.25, -0.2) is 0 Å². The second kappa shape index (κ2) is 6.55. The number of fused-ring (bicyclic) bond motifs is 1. The smallest absolute Gasteiger partial charge is 0.301 e. The van der Waals surface area contributed by atoms with E-state index in [1.54, 1.807) is 24.3 Å². The van der Waals surface area contributed by atoms with E-state index in [0.717, 1.165) is 6.07 Å². The van der Waals surface area contributed by atoms with Crippen molar-refractivity contribution in [2.45, 2.75) is 6.92 Å². The number of nitro groups is 2. The number of nitrogens with zero attached hydrogens (tertiary/aromatic N) is 3. The first-order valence-corrected chi connectivity index (χ1v) is 7.47. The molecule has 0 bridgehead atoms. The maximum Gasteiger partial charge on any atom is 0.301 e. The first-order valence-electron chi connectivity index (χ1n) is 7.47. The molecule has 1 aromatic heterocycles. The zero-order valence-corrected chi connectivity index (χ0v) is 13.5. The lowest BCUT2D eigenvalue weighted by molar-refractivity contribution is -0.392. The molecule has 130 valence electrons. The van der Waals surface area contributed by atoms with Crippen molar-refractivity contribution in [2.24, 2.45) is 0 Å². The van der Waals surface area contributed by atoms with Gasteiger partial charge >= 0.3 is 5.69 Å². The predicted octanol–water partition coefficient (Wildman–Crippen LogP) is 4.00. The number of hydrogen-bond donors (Lipinski definition) is 1. The number of carbonyl (C=O) groups is 1. The first kappa shape index (κ1) is 17.0. The molecule has 26 heavy (non-hydrogen) atoms. The minimum atomic E-state index is -0.701. The summed E-state index contributed by atoms with van der Waals surface area (Å²) in [6, 6.07) is 10.3. The number of non-ortho nitro benzene ring substituents is 1. The molecule has 0 saturated carbocycles. The Morgan fingerprint density at radius 1 is 1.04 bits per heavy atom. The van der Waals surface area contributed by atoms with E-state index < -0.39 is 21.2 Å². The number of ketones is 1. The Morgan fingerprint density at radius 2 is 1.69 bits per heavy atom. The van der Waals surface area contributed by atoms with Crippen molar-refractivity contribution < 1.29 is 14.6 Å². The average Bonchev–Trinajstić information content (AvgIpc) is 2.61. The van der Waals surface area contributed by atoms with Crippen LogP contribution in [0.4, 0.5) is 22.7 Å². The first-order chi connectivity index (χ1) is 12.4. The molecule has 0 spiro atoms. The van der Waals surface area contributed by atoms with Gasteiger partial charge < -0.3 is 5.32 Å². The Morgan fingerprint density at radius 3 is 2.27 bits per heavy atom. The summed E-state index contributed by atoms with van der Waals surface area (Å²) in [5.74, 6) is -0.106. The van der Waals surface area contributed by atoms with Crippen LogP contribution >= 0.6 is 0 Å². The number of pyridine rings is 1. The maximum absolute atomic E-state index is 11.4. The van der Waals surface area contributed by atoms with E-state index in [4.69, 9.17) is 0 Å². The van der Waals surface area contributed by atoms with Gasteiger partial charge in [-0.05, 0) is 43.3 Å². The highest BCUT2D eigenvalue weighted by Crippen LogP contribution is 2.39. The van der Waals surface area contributed by atoms with Crippen molar-refractivity contribution in [1.82, 2.24) is 4.98 Å². The lowest BCUT2D eigenvalue weighted by Crippen LogP contribution is -2.02. The Bertz CT molecular complexity index is 1050. The Hall–Kier alpha value is -3.88. The molecule has 1 N–H and O–H groups in total. The van der Waals surface area contributed by atoms with Crippen LogP contribution in [0, 0.1) is 20.2 Å². The summed E-state index contributed by atoms with van der Waals surface area (Å²) in [6.45, 7) is 1.43. The fraction of sp³-hybridized carbons (Fsp3) is 0.0588. The van der Waals surface area contributed by atoms with Gasteiger partial charge in [0.15, 0.2) is 5.78 Å². The zero-order valence-electron chi connectivity index (χ0n) is 13.5. The number of hydrogen-bond acceptors (Lipinski definition) is 7. The third kappa shape index (κ3) is 3.05. The summed E-state index contributed by atoms with van der Waals surface area (Å²) in [5.41, 5.74) is 0.294.